The molecule has 0 heterocycles. The van der Waals surface area contributed by atoms with E-state index < -0.39 is 0 Å². The molecule has 0 aromatic heterocycles. The summed E-state index contributed by atoms with van der Waals surface area (Å²) in [4.78, 5) is 0. The lowest BCUT2D eigenvalue weighted by Gasteiger charge is -2.19. The van der Waals surface area contributed by atoms with Crippen LogP contribution < -0.4 is 14.8 Å². The van der Waals surface area contributed by atoms with Crippen LogP contribution in [0.5, 0.6) is 11.5 Å². The first-order valence-electron chi connectivity index (χ1n) is 9.83. The molecule has 0 radical (unpaired) electrons. The predicted octanol–water partition coefficient (Wildman–Crippen LogP) is 5.03. The van der Waals surface area contributed by atoms with E-state index in [1.54, 1.807) is 7.11 Å². The van der Waals surface area contributed by atoms with Crippen LogP contribution in [0, 0.1) is 0 Å². The van der Waals surface area contributed by atoms with Crippen molar-refractivity contribution >= 4 is 0 Å². The van der Waals surface area contributed by atoms with Crippen LogP contribution in [0.25, 0.3) is 0 Å². The smallest absolute Gasteiger partial charge is 0.161 e. The van der Waals surface area contributed by atoms with Crippen molar-refractivity contribution in [3.8, 4) is 11.5 Å². The SMILES string of the molecule is CCCN[C@H](CCC)Cc1ccc(OC)c(OCCc2ccccc2)c1. The van der Waals surface area contributed by atoms with Gasteiger partial charge in [-0.05, 0) is 49.1 Å². The van der Waals surface area contributed by atoms with Crippen LogP contribution in [0.3, 0.4) is 0 Å². The average molecular weight is 356 g/mol. The van der Waals surface area contributed by atoms with Crippen molar-refractivity contribution in [3.05, 3.63) is 59.7 Å². The molecule has 0 bridgehead atoms. The lowest BCUT2D eigenvalue weighted by molar-refractivity contribution is 0.297. The Bertz CT molecular complexity index is 627. The maximum Gasteiger partial charge on any atom is 0.161 e. The van der Waals surface area contributed by atoms with Gasteiger partial charge in [0, 0.05) is 12.5 Å². The standard InChI is InChI=1S/C23H33NO2/c1-4-9-21(24-15-5-2)17-20-12-13-22(25-3)23(18-20)26-16-14-19-10-7-6-8-11-19/h6-8,10-13,18,21,24H,4-5,9,14-17H2,1-3H3/t21-/m1/s1. The number of rotatable bonds is 12. The molecule has 142 valence electrons. The van der Waals surface area contributed by atoms with Gasteiger partial charge in [0.15, 0.2) is 11.5 Å². The third-order valence-corrected chi connectivity index (χ3v) is 4.52. The Kier molecular flexibility index (Phi) is 9.05. The van der Waals surface area contributed by atoms with Crippen LogP contribution in [-0.4, -0.2) is 26.3 Å². The topological polar surface area (TPSA) is 30.5 Å². The molecule has 26 heavy (non-hydrogen) atoms. The highest BCUT2D eigenvalue weighted by Crippen LogP contribution is 2.29. The van der Waals surface area contributed by atoms with Crippen molar-refractivity contribution in [1.29, 1.82) is 0 Å². The summed E-state index contributed by atoms with van der Waals surface area (Å²) in [6.07, 6.45) is 5.46. The number of methoxy groups -OCH3 is 1. The molecule has 0 aliphatic rings. The Balaban J connectivity index is 1.99. The van der Waals surface area contributed by atoms with Crippen molar-refractivity contribution < 1.29 is 9.47 Å². The average Bonchev–Trinajstić information content (AvgIpc) is 2.67. The maximum absolute atomic E-state index is 6.05. The van der Waals surface area contributed by atoms with E-state index in [1.807, 2.05) is 12.1 Å². The van der Waals surface area contributed by atoms with Gasteiger partial charge in [0.05, 0.1) is 13.7 Å². The summed E-state index contributed by atoms with van der Waals surface area (Å²) in [5.74, 6) is 1.64. The summed E-state index contributed by atoms with van der Waals surface area (Å²) in [7, 11) is 1.70. The first kappa shape index (κ1) is 20.3. The maximum atomic E-state index is 6.05. The first-order valence-corrected chi connectivity index (χ1v) is 9.83. The fraction of sp³-hybridized carbons (Fsp3) is 0.478. The zero-order chi connectivity index (χ0) is 18.6. The van der Waals surface area contributed by atoms with E-state index in [0.29, 0.717) is 12.6 Å². The van der Waals surface area contributed by atoms with Gasteiger partial charge in [0.1, 0.15) is 0 Å². The summed E-state index contributed by atoms with van der Waals surface area (Å²) in [6, 6.07) is 17.3. The number of nitrogens with one attached hydrogen (secondary N) is 1. The van der Waals surface area contributed by atoms with E-state index in [2.05, 4.69) is 55.6 Å². The minimum atomic E-state index is 0.519. The van der Waals surface area contributed by atoms with Crippen LogP contribution in [0.2, 0.25) is 0 Å². The summed E-state index contributed by atoms with van der Waals surface area (Å²) in [5, 5.41) is 3.66. The minimum absolute atomic E-state index is 0.519. The highest BCUT2D eigenvalue weighted by molar-refractivity contribution is 5.43. The lowest BCUT2D eigenvalue weighted by Crippen LogP contribution is -2.31. The lowest BCUT2D eigenvalue weighted by atomic mass is 10.0. The fourth-order valence-electron chi connectivity index (χ4n) is 3.14. The van der Waals surface area contributed by atoms with Gasteiger partial charge in [0.25, 0.3) is 0 Å². The molecule has 0 amide bonds. The molecule has 0 fully saturated rings. The highest BCUT2D eigenvalue weighted by atomic mass is 16.5. The molecule has 0 aliphatic heterocycles. The molecule has 1 atom stereocenters. The zero-order valence-corrected chi connectivity index (χ0v) is 16.5. The predicted molar refractivity (Wildman–Crippen MR) is 109 cm³/mol. The van der Waals surface area contributed by atoms with E-state index in [9.17, 15) is 0 Å². The normalized spacial score (nSPS) is 12.0. The Hall–Kier alpha value is -2.00. The second-order valence-electron chi connectivity index (χ2n) is 6.71. The molecule has 2 rings (SSSR count). The number of ether oxygens (including phenoxy) is 2. The number of hydrogen-bond acceptors (Lipinski definition) is 3. The molecular weight excluding hydrogens is 322 g/mol. The van der Waals surface area contributed by atoms with Gasteiger partial charge < -0.3 is 14.8 Å². The Morgan fingerprint density at radius 3 is 2.42 bits per heavy atom. The zero-order valence-electron chi connectivity index (χ0n) is 16.5. The van der Waals surface area contributed by atoms with E-state index >= 15 is 0 Å². The molecule has 0 unspecified atom stereocenters. The Morgan fingerprint density at radius 2 is 1.73 bits per heavy atom. The third kappa shape index (κ3) is 6.72. The van der Waals surface area contributed by atoms with Gasteiger partial charge in [-0.25, -0.2) is 0 Å². The summed E-state index contributed by atoms with van der Waals surface area (Å²) >= 11 is 0. The largest absolute Gasteiger partial charge is 0.493 e. The molecule has 3 nitrogen and oxygen atoms in total. The van der Waals surface area contributed by atoms with Crippen LogP contribution in [0.15, 0.2) is 48.5 Å². The van der Waals surface area contributed by atoms with Crippen LogP contribution >= 0.6 is 0 Å². The summed E-state index contributed by atoms with van der Waals surface area (Å²) in [6.45, 7) is 6.17. The summed E-state index contributed by atoms with van der Waals surface area (Å²) < 4.78 is 11.5. The Labute approximate surface area is 158 Å². The molecule has 2 aromatic carbocycles. The third-order valence-electron chi connectivity index (χ3n) is 4.52. The minimum Gasteiger partial charge on any atom is -0.493 e. The van der Waals surface area contributed by atoms with E-state index in [0.717, 1.165) is 37.3 Å². The number of benzene rings is 2. The van der Waals surface area contributed by atoms with E-state index in [-0.39, 0.29) is 0 Å². The Morgan fingerprint density at radius 1 is 0.923 bits per heavy atom. The first-order chi connectivity index (χ1) is 12.8. The second-order valence-corrected chi connectivity index (χ2v) is 6.71. The van der Waals surface area contributed by atoms with Crippen molar-refractivity contribution in [1.82, 2.24) is 5.32 Å². The molecule has 0 spiro atoms. The van der Waals surface area contributed by atoms with Crippen molar-refractivity contribution in [2.75, 3.05) is 20.3 Å². The van der Waals surface area contributed by atoms with E-state index in [1.165, 1.54) is 24.0 Å². The molecule has 1 N–H and O–H groups in total. The van der Waals surface area contributed by atoms with Crippen LogP contribution in [-0.2, 0) is 12.8 Å². The van der Waals surface area contributed by atoms with Crippen LogP contribution in [0.4, 0.5) is 0 Å². The number of hydrogen-bond donors (Lipinski definition) is 1. The van der Waals surface area contributed by atoms with Crippen molar-refractivity contribution in [2.24, 2.45) is 0 Å². The highest BCUT2D eigenvalue weighted by Gasteiger charge is 2.11. The van der Waals surface area contributed by atoms with Crippen molar-refractivity contribution in [2.45, 2.75) is 52.0 Å². The van der Waals surface area contributed by atoms with Gasteiger partial charge in [-0.1, -0.05) is 56.7 Å². The quantitative estimate of drug-likeness (QED) is 0.579. The fourth-order valence-corrected chi connectivity index (χ4v) is 3.14. The van der Waals surface area contributed by atoms with Gasteiger partial charge in [0.2, 0.25) is 0 Å². The monoisotopic (exact) mass is 355 g/mol. The molecule has 0 aliphatic carbocycles. The molecule has 0 saturated carbocycles. The van der Waals surface area contributed by atoms with Crippen molar-refractivity contribution in [3.63, 3.8) is 0 Å². The molecule has 0 saturated heterocycles. The second kappa shape index (κ2) is 11.6. The summed E-state index contributed by atoms with van der Waals surface area (Å²) in [5.41, 5.74) is 2.58. The van der Waals surface area contributed by atoms with Gasteiger partial charge >= 0.3 is 0 Å². The molecule has 2 aromatic rings. The van der Waals surface area contributed by atoms with Crippen LogP contribution in [0.1, 0.15) is 44.2 Å². The van der Waals surface area contributed by atoms with E-state index in [4.69, 9.17) is 9.47 Å². The van der Waals surface area contributed by atoms with Gasteiger partial charge in [-0.15, -0.1) is 0 Å². The molecular formula is C23H33NO2. The molecule has 3 heteroatoms. The van der Waals surface area contributed by atoms with Gasteiger partial charge in [-0.3, -0.25) is 0 Å². The van der Waals surface area contributed by atoms with Gasteiger partial charge in [-0.2, -0.15) is 0 Å².